The van der Waals surface area contributed by atoms with Crippen molar-refractivity contribution in [3.63, 3.8) is 0 Å². The lowest BCUT2D eigenvalue weighted by Gasteiger charge is -2.23. The molecule has 0 saturated carbocycles. The Morgan fingerprint density at radius 1 is 1.00 bits per heavy atom. The van der Waals surface area contributed by atoms with E-state index >= 15 is 0 Å². The average Bonchev–Trinajstić information content (AvgIpc) is 2.61. The van der Waals surface area contributed by atoms with E-state index in [-0.39, 0.29) is 12.2 Å². The summed E-state index contributed by atoms with van der Waals surface area (Å²) in [6.45, 7) is 1.35. The molecule has 0 aliphatic heterocycles. The number of carbonyl (C=O) groups is 5. The summed E-state index contributed by atoms with van der Waals surface area (Å²) < 4.78 is 0. The van der Waals surface area contributed by atoms with Gasteiger partial charge in [0.05, 0.1) is 12.5 Å². The van der Waals surface area contributed by atoms with E-state index in [9.17, 15) is 24.0 Å². The first-order valence-electron chi connectivity index (χ1n) is 8.24. The molecule has 28 heavy (non-hydrogen) atoms. The topological polar surface area (TPSA) is 188 Å². The first-order valence-corrected chi connectivity index (χ1v) is 10.3. The number of aliphatic carboxylic acids is 2. The van der Waals surface area contributed by atoms with Crippen LogP contribution in [0.2, 0.25) is 0 Å². The number of hydrogen-bond donors (Lipinski definition) is 7. The van der Waals surface area contributed by atoms with E-state index in [1.165, 1.54) is 18.7 Å². The fraction of sp³-hybridized carbons (Fsp3) is 0.667. The van der Waals surface area contributed by atoms with Crippen molar-refractivity contribution in [2.24, 2.45) is 5.73 Å². The SMILES string of the molecule is CSCCC(NC(=O)C(C)NC(=O)C(N)CC(=O)O)C(=O)NC(CS)C(=O)O. The largest absolute Gasteiger partial charge is 0.481 e. The third kappa shape index (κ3) is 9.80. The van der Waals surface area contributed by atoms with Crippen LogP contribution in [0.15, 0.2) is 0 Å². The van der Waals surface area contributed by atoms with Gasteiger partial charge in [0.15, 0.2) is 0 Å². The van der Waals surface area contributed by atoms with Gasteiger partial charge in [0.1, 0.15) is 18.1 Å². The second-order valence-corrected chi connectivity index (χ2v) is 7.21. The van der Waals surface area contributed by atoms with E-state index in [1.54, 1.807) is 6.26 Å². The Hall–Kier alpha value is -1.99. The number of carboxylic acids is 2. The highest BCUT2D eigenvalue weighted by Gasteiger charge is 2.28. The minimum atomic E-state index is -1.32. The minimum absolute atomic E-state index is 0.127. The van der Waals surface area contributed by atoms with Crippen LogP contribution in [0.3, 0.4) is 0 Å². The van der Waals surface area contributed by atoms with Crippen LogP contribution in [0.25, 0.3) is 0 Å². The summed E-state index contributed by atoms with van der Waals surface area (Å²) in [7, 11) is 0. The van der Waals surface area contributed by atoms with Gasteiger partial charge in [0.25, 0.3) is 0 Å². The van der Waals surface area contributed by atoms with Gasteiger partial charge in [0, 0.05) is 5.75 Å². The Kier molecular flexibility index (Phi) is 12.3. The molecule has 11 nitrogen and oxygen atoms in total. The zero-order chi connectivity index (χ0) is 21.9. The standard InChI is InChI=1S/C15H26N4O7S2/c1-7(17-13(23)8(16)5-11(20)21)12(22)18-9(3-4-28-2)14(24)19-10(6-27)15(25)26/h7-10,27H,3-6,16H2,1-2H3,(H,17,23)(H,18,22)(H,19,24)(H,20,21)(H,25,26). The van der Waals surface area contributed by atoms with Gasteiger partial charge in [-0.3, -0.25) is 19.2 Å². The molecular formula is C15H26N4O7S2. The normalized spacial score (nSPS) is 14.9. The number of carbonyl (C=O) groups excluding carboxylic acids is 3. The number of amides is 3. The van der Waals surface area contributed by atoms with E-state index in [1.807, 2.05) is 0 Å². The zero-order valence-corrected chi connectivity index (χ0v) is 17.2. The molecule has 0 aromatic heterocycles. The molecule has 7 N–H and O–H groups in total. The van der Waals surface area contributed by atoms with Gasteiger partial charge in [0.2, 0.25) is 17.7 Å². The molecule has 0 heterocycles. The fourth-order valence-electron chi connectivity index (χ4n) is 1.93. The van der Waals surface area contributed by atoms with E-state index in [0.29, 0.717) is 5.75 Å². The minimum Gasteiger partial charge on any atom is -0.481 e. The van der Waals surface area contributed by atoms with Crippen LogP contribution in [-0.4, -0.2) is 81.8 Å². The van der Waals surface area contributed by atoms with Gasteiger partial charge in [-0.05, 0) is 25.4 Å². The number of thiol groups is 1. The molecule has 13 heteroatoms. The monoisotopic (exact) mass is 438 g/mol. The fourth-order valence-corrected chi connectivity index (χ4v) is 2.64. The number of rotatable bonds is 13. The smallest absolute Gasteiger partial charge is 0.327 e. The lowest BCUT2D eigenvalue weighted by Crippen LogP contribution is -2.56. The predicted molar refractivity (Wildman–Crippen MR) is 106 cm³/mol. The van der Waals surface area contributed by atoms with Crippen molar-refractivity contribution < 1.29 is 34.2 Å². The van der Waals surface area contributed by atoms with Crippen LogP contribution in [0.5, 0.6) is 0 Å². The van der Waals surface area contributed by atoms with Gasteiger partial charge in [-0.2, -0.15) is 24.4 Å². The van der Waals surface area contributed by atoms with Crippen LogP contribution in [0, 0.1) is 0 Å². The molecule has 0 aromatic carbocycles. The summed E-state index contributed by atoms with van der Waals surface area (Å²) in [4.78, 5) is 58.0. The summed E-state index contributed by atoms with van der Waals surface area (Å²) in [5.41, 5.74) is 5.43. The van der Waals surface area contributed by atoms with E-state index in [4.69, 9.17) is 15.9 Å². The molecular weight excluding hydrogens is 412 g/mol. The third-order valence-corrected chi connectivity index (χ3v) is 4.53. The first-order chi connectivity index (χ1) is 13.0. The summed E-state index contributed by atoms with van der Waals surface area (Å²) in [5, 5.41) is 24.7. The van der Waals surface area contributed by atoms with Gasteiger partial charge >= 0.3 is 11.9 Å². The van der Waals surface area contributed by atoms with Gasteiger partial charge in [-0.25, -0.2) is 4.79 Å². The molecule has 0 aliphatic carbocycles. The summed E-state index contributed by atoms with van der Waals surface area (Å²) in [6.07, 6.45) is 1.44. The lowest BCUT2D eigenvalue weighted by atomic mass is 10.1. The Balaban J connectivity index is 4.94. The van der Waals surface area contributed by atoms with Gasteiger partial charge in [-0.1, -0.05) is 0 Å². The lowest BCUT2D eigenvalue weighted by molar-refractivity contribution is -0.141. The van der Waals surface area contributed by atoms with E-state index < -0.39 is 60.2 Å². The molecule has 0 spiro atoms. The molecule has 0 fully saturated rings. The average molecular weight is 439 g/mol. The van der Waals surface area contributed by atoms with Crippen molar-refractivity contribution in [2.75, 3.05) is 17.8 Å². The van der Waals surface area contributed by atoms with E-state index in [2.05, 4.69) is 28.6 Å². The molecule has 0 aromatic rings. The number of carboxylic acid groups (broad SMARTS) is 2. The maximum atomic E-state index is 12.3. The first kappa shape index (κ1) is 26.0. The molecule has 4 atom stereocenters. The maximum Gasteiger partial charge on any atom is 0.327 e. The molecule has 0 saturated heterocycles. The molecule has 0 radical (unpaired) electrons. The predicted octanol–water partition coefficient (Wildman–Crippen LogP) is -1.97. The second kappa shape index (κ2) is 13.2. The summed E-state index contributed by atoms with van der Waals surface area (Å²) in [6, 6.07) is -4.64. The molecule has 3 amide bonds. The summed E-state index contributed by atoms with van der Waals surface area (Å²) >= 11 is 5.29. The molecule has 0 bridgehead atoms. The van der Waals surface area contributed by atoms with Crippen LogP contribution in [-0.2, 0) is 24.0 Å². The number of nitrogens with two attached hydrogens (primary N) is 1. The van der Waals surface area contributed by atoms with Gasteiger partial charge in [-0.15, -0.1) is 0 Å². The Bertz CT molecular complexity index is 591. The highest BCUT2D eigenvalue weighted by molar-refractivity contribution is 7.98. The number of hydrogen-bond acceptors (Lipinski definition) is 8. The quantitative estimate of drug-likeness (QED) is 0.160. The van der Waals surface area contributed by atoms with Crippen molar-refractivity contribution in [1.82, 2.24) is 16.0 Å². The number of nitrogens with one attached hydrogen (secondary N) is 3. The van der Waals surface area contributed by atoms with Crippen molar-refractivity contribution >= 4 is 54.1 Å². The molecule has 160 valence electrons. The maximum absolute atomic E-state index is 12.3. The van der Waals surface area contributed by atoms with Crippen LogP contribution < -0.4 is 21.7 Å². The molecule has 0 rings (SSSR count). The van der Waals surface area contributed by atoms with Gasteiger partial charge < -0.3 is 31.9 Å². The van der Waals surface area contributed by atoms with Crippen molar-refractivity contribution in [3.05, 3.63) is 0 Å². The highest BCUT2D eigenvalue weighted by atomic mass is 32.2. The molecule has 4 unspecified atom stereocenters. The highest BCUT2D eigenvalue weighted by Crippen LogP contribution is 2.03. The Labute approximate surface area is 172 Å². The summed E-state index contributed by atoms with van der Waals surface area (Å²) in [5.74, 6) is -4.34. The second-order valence-electron chi connectivity index (χ2n) is 5.86. The molecule has 0 aliphatic rings. The number of thioether (sulfide) groups is 1. The van der Waals surface area contributed by atoms with Crippen LogP contribution >= 0.6 is 24.4 Å². The Morgan fingerprint density at radius 2 is 1.57 bits per heavy atom. The zero-order valence-electron chi connectivity index (χ0n) is 15.5. The van der Waals surface area contributed by atoms with Crippen molar-refractivity contribution in [3.8, 4) is 0 Å². The van der Waals surface area contributed by atoms with Crippen molar-refractivity contribution in [2.45, 2.75) is 43.9 Å². The van der Waals surface area contributed by atoms with Crippen molar-refractivity contribution in [1.29, 1.82) is 0 Å². The third-order valence-electron chi connectivity index (χ3n) is 3.52. The van der Waals surface area contributed by atoms with Crippen LogP contribution in [0.1, 0.15) is 19.8 Å². The Morgan fingerprint density at radius 3 is 2.04 bits per heavy atom. The van der Waals surface area contributed by atoms with Crippen LogP contribution in [0.4, 0.5) is 0 Å². The van der Waals surface area contributed by atoms with E-state index in [0.717, 1.165) is 0 Å².